The lowest BCUT2D eigenvalue weighted by Crippen LogP contribution is -2.62. The Morgan fingerprint density at radius 1 is 1.11 bits per heavy atom. The van der Waals surface area contributed by atoms with Gasteiger partial charge >= 0.3 is 0 Å². The van der Waals surface area contributed by atoms with E-state index >= 15 is 0 Å². The SMILES string of the molecule is CCCCN(CCCC)C1(CN)CC(C(C)C)C1. The fourth-order valence-corrected chi connectivity index (χ4v) is 3.23. The number of nitrogens with zero attached hydrogens (tertiary/aromatic N) is 1. The monoisotopic (exact) mass is 254 g/mol. The van der Waals surface area contributed by atoms with Crippen LogP contribution in [0.25, 0.3) is 0 Å². The van der Waals surface area contributed by atoms with Crippen LogP contribution in [0, 0.1) is 11.8 Å². The fourth-order valence-electron chi connectivity index (χ4n) is 3.23. The zero-order valence-electron chi connectivity index (χ0n) is 13.0. The molecule has 0 radical (unpaired) electrons. The number of nitrogens with two attached hydrogens (primary N) is 1. The summed E-state index contributed by atoms with van der Waals surface area (Å²) in [5.41, 5.74) is 6.48. The minimum atomic E-state index is 0.347. The quantitative estimate of drug-likeness (QED) is 0.680. The van der Waals surface area contributed by atoms with Gasteiger partial charge in [-0.05, 0) is 50.6 Å². The van der Waals surface area contributed by atoms with Crippen LogP contribution in [-0.4, -0.2) is 30.1 Å². The fraction of sp³-hybridized carbons (Fsp3) is 1.00. The van der Waals surface area contributed by atoms with Crippen LogP contribution in [0.4, 0.5) is 0 Å². The molecule has 0 aliphatic heterocycles. The second-order valence-corrected chi connectivity index (χ2v) is 6.53. The molecule has 0 aromatic rings. The Bertz CT molecular complexity index is 211. The molecule has 0 aromatic heterocycles. The molecule has 0 atom stereocenters. The first kappa shape index (κ1) is 16.0. The van der Waals surface area contributed by atoms with Crippen LogP contribution in [-0.2, 0) is 0 Å². The van der Waals surface area contributed by atoms with Crippen molar-refractivity contribution in [2.24, 2.45) is 17.6 Å². The number of hydrogen-bond acceptors (Lipinski definition) is 2. The van der Waals surface area contributed by atoms with Gasteiger partial charge in [0.05, 0.1) is 0 Å². The summed E-state index contributed by atoms with van der Waals surface area (Å²) in [4.78, 5) is 2.72. The third kappa shape index (κ3) is 3.71. The lowest BCUT2D eigenvalue weighted by molar-refractivity contribution is -0.0365. The van der Waals surface area contributed by atoms with Crippen LogP contribution in [0.5, 0.6) is 0 Å². The summed E-state index contributed by atoms with van der Waals surface area (Å²) in [5, 5.41) is 0. The topological polar surface area (TPSA) is 29.3 Å². The number of unbranched alkanes of at least 4 members (excludes halogenated alkanes) is 2. The predicted molar refractivity (Wildman–Crippen MR) is 80.7 cm³/mol. The molecule has 2 N–H and O–H groups in total. The molecule has 0 bridgehead atoms. The van der Waals surface area contributed by atoms with Crippen LogP contribution in [0.1, 0.15) is 66.2 Å². The Kier molecular flexibility index (Phi) is 6.65. The molecule has 0 amide bonds. The second kappa shape index (κ2) is 7.49. The van der Waals surface area contributed by atoms with E-state index in [1.807, 2.05) is 0 Å². The van der Waals surface area contributed by atoms with Gasteiger partial charge in [0.1, 0.15) is 0 Å². The van der Waals surface area contributed by atoms with Gasteiger partial charge in [-0.3, -0.25) is 4.90 Å². The van der Waals surface area contributed by atoms with Crippen LogP contribution in [0.2, 0.25) is 0 Å². The van der Waals surface area contributed by atoms with Crippen molar-refractivity contribution in [1.82, 2.24) is 4.90 Å². The van der Waals surface area contributed by atoms with Crippen molar-refractivity contribution in [3.05, 3.63) is 0 Å². The summed E-state index contributed by atoms with van der Waals surface area (Å²) in [6.07, 6.45) is 7.87. The van der Waals surface area contributed by atoms with Crippen molar-refractivity contribution in [1.29, 1.82) is 0 Å². The van der Waals surface area contributed by atoms with Gasteiger partial charge in [0, 0.05) is 12.1 Å². The van der Waals surface area contributed by atoms with Crippen molar-refractivity contribution in [2.45, 2.75) is 71.8 Å². The number of hydrogen-bond donors (Lipinski definition) is 1. The highest BCUT2D eigenvalue weighted by Crippen LogP contribution is 2.45. The van der Waals surface area contributed by atoms with Gasteiger partial charge in [-0.1, -0.05) is 40.5 Å². The van der Waals surface area contributed by atoms with Gasteiger partial charge in [0.2, 0.25) is 0 Å². The Hall–Kier alpha value is -0.0800. The first-order valence-corrected chi connectivity index (χ1v) is 8.04. The second-order valence-electron chi connectivity index (χ2n) is 6.53. The van der Waals surface area contributed by atoms with E-state index in [0.29, 0.717) is 5.54 Å². The molecule has 1 rings (SSSR count). The lowest BCUT2D eigenvalue weighted by Gasteiger charge is -2.55. The molecule has 0 unspecified atom stereocenters. The standard InChI is InChI=1S/C16H34N2/c1-5-7-9-18(10-8-6-2)16(13-17)11-15(12-16)14(3)4/h14-15H,5-13,17H2,1-4H3. The first-order valence-electron chi connectivity index (χ1n) is 8.04. The minimum absolute atomic E-state index is 0.347. The van der Waals surface area contributed by atoms with E-state index in [1.165, 1.54) is 51.6 Å². The van der Waals surface area contributed by atoms with E-state index in [9.17, 15) is 0 Å². The van der Waals surface area contributed by atoms with Gasteiger partial charge in [-0.2, -0.15) is 0 Å². The highest BCUT2D eigenvalue weighted by molar-refractivity contribution is 5.04. The molecule has 2 nitrogen and oxygen atoms in total. The van der Waals surface area contributed by atoms with E-state index in [2.05, 4.69) is 32.6 Å². The Labute approximate surface area is 114 Å². The lowest BCUT2D eigenvalue weighted by atomic mass is 9.63. The summed E-state index contributed by atoms with van der Waals surface area (Å²) in [5.74, 6) is 1.73. The van der Waals surface area contributed by atoms with Crippen molar-refractivity contribution >= 4 is 0 Å². The molecule has 2 heteroatoms. The maximum Gasteiger partial charge on any atom is 0.0337 e. The maximum absolute atomic E-state index is 6.13. The molecule has 0 spiro atoms. The molecule has 1 saturated carbocycles. The van der Waals surface area contributed by atoms with E-state index in [1.54, 1.807) is 0 Å². The largest absolute Gasteiger partial charge is 0.329 e. The van der Waals surface area contributed by atoms with Crippen LogP contribution in [0.3, 0.4) is 0 Å². The number of rotatable bonds is 9. The average molecular weight is 254 g/mol. The molecular weight excluding hydrogens is 220 g/mol. The van der Waals surface area contributed by atoms with Crippen molar-refractivity contribution < 1.29 is 0 Å². The molecule has 18 heavy (non-hydrogen) atoms. The third-order valence-corrected chi connectivity index (χ3v) is 4.84. The van der Waals surface area contributed by atoms with E-state index in [4.69, 9.17) is 5.73 Å². The third-order valence-electron chi connectivity index (χ3n) is 4.84. The highest BCUT2D eigenvalue weighted by Gasteiger charge is 2.47. The average Bonchev–Trinajstić information content (AvgIpc) is 2.30. The van der Waals surface area contributed by atoms with Gasteiger partial charge in [-0.15, -0.1) is 0 Å². The smallest absolute Gasteiger partial charge is 0.0337 e. The van der Waals surface area contributed by atoms with Crippen molar-refractivity contribution in [2.75, 3.05) is 19.6 Å². The summed E-state index contributed by atoms with van der Waals surface area (Å²) < 4.78 is 0. The van der Waals surface area contributed by atoms with E-state index in [-0.39, 0.29) is 0 Å². The zero-order chi connectivity index (χ0) is 13.6. The minimum Gasteiger partial charge on any atom is -0.329 e. The van der Waals surface area contributed by atoms with E-state index in [0.717, 1.165) is 18.4 Å². The molecule has 1 aliphatic carbocycles. The molecule has 1 aliphatic rings. The Balaban J connectivity index is 2.57. The molecular formula is C16H34N2. The molecule has 0 aromatic carbocycles. The molecule has 1 fully saturated rings. The van der Waals surface area contributed by atoms with Crippen LogP contribution < -0.4 is 5.73 Å². The normalized spacial score (nSPS) is 27.8. The van der Waals surface area contributed by atoms with Gasteiger partial charge in [0.15, 0.2) is 0 Å². The van der Waals surface area contributed by atoms with E-state index < -0.39 is 0 Å². The molecule has 108 valence electrons. The first-order chi connectivity index (χ1) is 8.59. The Morgan fingerprint density at radius 2 is 1.61 bits per heavy atom. The van der Waals surface area contributed by atoms with Crippen LogP contribution in [0.15, 0.2) is 0 Å². The highest BCUT2D eigenvalue weighted by atomic mass is 15.2. The summed E-state index contributed by atoms with van der Waals surface area (Å²) >= 11 is 0. The predicted octanol–water partition coefficient (Wildman–Crippen LogP) is 3.65. The van der Waals surface area contributed by atoms with Crippen molar-refractivity contribution in [3.63, 3.8) is 0 Å². The zero-order valence-corrected chi connectivity index (χ0v) is 13.0. The summed E-state index contributed by atoms with van der Waals surface area (Å²) in [6.45, 7) is 12.6. The van der Waals surface area contributed by atoms with Crippen LogP contribution >= 0.6 is 0 Å². The van der Waals surface area contributed by atoms with Gasteiger partial charge in [-0.25, -0.2) is 0 Å². The maximum atomic E-state index is 6.13. The molecule has 0 saturated heterocycles. The Morgan fingerprint density at radius 3 is 1.94 bits per heavy atom. The summed E-state index contributed by atoms with van der Waals surface area (Å²) in [6, 6.07) is 0. The van der Waals surface area contributed by atoms with Crippen molar-refractivity contribution in [3.8, 4) is 0 Å². The molecule has 0 heterocycles. The van der Waals surface area contributed by atoms with Gasteiger partial charge in [0.25, 0.3) is 0 Å². The van der Waals surface area contributed by atoms with Gasteiger partial charge < -0.3 is 5.73 Å². The summed E-state index contributed by atoms with van der Waals surface area (Å²) in [7, 11) is 0.